The van der Waals surface area contributed by atoms with E-state index in [2.05, 4.69) is 31.9 Å². The van der Waals surface area contributed by atoms with Crippen molar-refractivity contribution in [2.45, 2.75) is 38.0 Å². The lowest BCUT2D eigenvalue weighted by Gasteiger charge is -2.23. The second kappa shape index (κ2) is 7.38. The second-order valence-corrected chi connectivity index (χ2v) is 9.53. The summed E-state index contributed by atoms with van der Waals surface area (Å²) in [4.78, 5) is 4.43. The summed E-state index contributed by atoms with van der Waals surface area (Å²) in [6, 6.07) is 0.0637. The van der Waals surface area contributed by atoms with Crippen LogP contribution in [-0.4, -0.2) is 25.9 Å². The van der Waals surface area contributed by atoms with Gasteiger partial charge in [-0.05, 0) is 55.1 Å². The summed E-state index contributed by atoms with van der Waals surface area (Å²) >= 11 is 6.75. The molecule has 0 aliphatic carbocycles. The monoisotopic (exact) mass is 370 g/mol. The highest BCUT2D eigenvalue weighted by Crippen LogP contribution is 2.26. The lowest BCUT2D eigenvalue weighted by atomic mass is 10.2. The lowest BCUT2D eigenvalue weighted by Crippen LogP contribution is -2.36. The normalized spacial score (nSPS) is 15.6. The van der Waals surface area contributed by atoms with Crippen LogP contribution < -0.4 is 4.72 Å². The number of nitrogens with one attached hydrogen (secondary N) is 1. The number of halogens is 1. The fourth-order valence-corrected chi connectivity index (χ4v) is 3.94. The van der Waals surface area contributed by atoms with Crippen molar-refractivity contribution in [2.24, 2.45) is 0 Å². The summed E-state index contributed by atoms with van der Waals surface area (Å²) in [7, 11) is -1.07. The molecular formula is C11H19BrN2OS3. The molecule has 2 atom stereocenters. The van der Waals surface area contributed by atoms with E-state index in [1.807, 2.05) is 26.2 Å². The van der Waals surface area contributed by atoms with Crippen LogP contribution in [0, 0.1) is 0 Å². The third-order valence-electron chi connectivity index (χ3n) is 2.21. The first-order valence-corrected chi connectivity index (χ1v) is 9.84. The second-order valence-electron chi connectivity index (χ2n) is 4.84. The molecule has 0 radical (unpaired) electrons. The van der Waals surface area contributed by atoms with E-state index >= 15 is 0 Å². The van der Waals surface area contributed by atoms with Gasteiger partial charge >= 0.3 is 0 Å². The van der Waals surface area contributed by atoms with Gasteiger partial charge in [-0.1, -0.05) is 0 Å². The van der Waals surface area contributed by atoms with Crippen molar-refractivity contribution in [3.05, 3.63) is 15.0 Å². The predicted octanol–water partition coefficient (Wildman–Crippen LogP) is 3.75. The van der Waals surface area contributed by atoms with Crippen LogP contribution in [0.25, 0.3) is 0 Å². The molecule has 1 unspecified atom stereocenters. The molecule has 1 heterocycles. The van der Waals surface area contributed by atoms with Gasteiger partial charge in [0.2, 0.25) is 0 Å². The highest BCUT2D eigenvalue weighted by molar-refractivity contribution is 9.10. The minimum absolute atomic E-state index is 0.0637. The molecule has 0 amide bonds. The Bertz CT molecular complexity index is 403. The van der Waals surface area contributed by atoms with E-state index in [-0.39, 0.29) is 10.8 Å². The first-order chi connectivity index (χ1) is 8.34. The van der Waals surface area contributed by atoms with Gasteiger partial charge in [0.1, 0.15) is 9.61 Å². The smallest absolute Gasteiger partial charge is 0.117 e. The highest BCUT2D eigenvalue weighted by atomic mass is 79.9. The van der Waals surface area contributed by atoms with Gasteiger partial charge in [0.05, 0.1) is 21.8 Å². The molecule has 1 N–H and O–H groups in total. The number of aromatic nitrogens is 1. The van der Waals surface area contributed by atoms with E-state index in [1.54, 1.807) is 23.1 Å². The Labute approximate surface area is 128 Å². The van der Waals surface area contributed by atoms with E-state index in [0.29, 0.717) is 0 Å². The van der Waals surface area contributed by atoms with Crippen LogP contribution in [0.4, 0.5) is 0 Å². The molecule has 0 fully saturated rings. The van der Waals surface area contributed by atoms with Crippen LogP contribution in [0.15, 0.2) is 9.98 Å². The fourth-order valence-electron chi connectivity index (χ4n) is 1.20. The number of hydrogen-bond acceptors (Lipinski definition) is 4. The Hall–Kier alpha value is 0.570. The van der Waals surface area contributed by atoms with Crippen LogP contribution in [0.1, 0.15) is 38.2 Å². The van der Waals surface area contributed by atoms with Crippen molar-refractivity contribution in [3.63, 3.8) is 0 Å². The van der Waals surface area contributed by atoms with Crippen molar-refractivity contribution >= 4 is 50.0 Å². The van der Waals surface area contributed by atoms with Gasteiger partial charge in [-0.3, -0.25) is 0 Å². The topological polar surface area (TPSA) is 42.0 Å². The first-order valence-electron chi connectivity index (χ1n) is 5.62. The molecule has 1 aromatic heterocycles. The summed E-state index contributed by atoms with van der Waals surface area (Å²) in [5.41, 5.74) is 0. The Morgan fingerprint density at radius 1 is 1.61 bits per heavy atom. The Balaban J connectivity index is 2.76. The number of thiazole rings is 1. The SMILES string of the molecule is CSCC[C@H](NS(=O)C(C)(C)C)c1nc(Br)cs1. The van der Waals surface area contributed by atoms with Crippen molar-refractivity contribution in [2.75, 3.05) is 12.0 Å². The van der Waals surface area contributed by atoms with E-state index < -0.39 is 11.0 Å². The van der Waals surface area contributed by atoms with Crippen molar-refractivity contribution in [3.8, 4) is 0 Å². The zero-order valence-electron chi connectivity index (χ0n) is 11.0. The molecule has 0 saturated carbocycles. The maximum atomic E-state index is 12.2. The Morgan fingerprint density at radius 3 is 2.72 bits per heavy atom. The molecular weight excluding hydrogens is 352 g/mol. The number of thioether (sulfide) groups is 1. The zero-order valence-corrected chi connectivity index (χ0v) is 15.1. The van der Waals surface area contributed by atoms with Crippen molar-refractivity contribution in [1.82, 2.24) is 9.71 Å². The molecule has 0 bridgehead atoms. The van der Waals surface area contributed by atoms with E-state index in [1.165, 1.54) is 0 Å². The van der Waals surface area contributed by atoms with Crippen LogP contribution >= 0.6 is 39.0 Å². The molecule has 0 aliphatic rings. The molecule has 0 spiro atoms. The summed E-state index contributed by atoms with van der Waals surface area (Å²) in [5, 5.41) is 2.96. The molecule has 1 rings (SSSR count). The summed E-state index contributed by atoms with van der Waals surface area (Å²) < 4.78 is 16.0. The van der Waals surface area contributed by atoms with Gasteiger partial charge in [0.25, 0.3) is 0 Å². The quantitative estimate of drug-likeness (QED) is 0.828. The fraction of sp³-hybridized carbons (Fsp3) is 0.727. The lowest BCUT2D eigenvalue weighted by molar-refractivity contribution is 0.589. The molecule has 7 heteroatoms. The third kappa shape index (κ3) is 5.28. The van der Waals surface area contributed by atoms with Gasteiger partial charge in [-0.25, -0.2) is 13.9 Å². The maximum absolute atomic E-state index is 12.2. The molecule has 104 valence electrons. The summed E-state index contributed by atoms with van der Waals surface area (Å²) in [6.07, 6.45) is 3.01. The van der Waals surface area contributed by atoms with Crippen molar-refractivity contribution < 1.29 is 4.21 Å². The highest BCUT2D eigenvalue weighted by Gasteiger charge is 2.24. The van der Waals surface area contributed by atoms with Crippen LogP contribution in [0.5, 0.6) is 0 Å². The average molecular weight is 371 g/mol. The maximum Gasteiger partial charge on any atom is 0.117 e. The third-order valence-corrected chi connectivity index (χ3v) is 6.13. The van der Waals surface area contributed by atoms with Gasteiger partial charge in [-0.2, -0.15) is 11.8 Å². The Morgan fingerprint density at radius 2 is 2.28 bits per heavy atom. The van der Waals surface area contributed by atoms with Crippen LogP contribution in [-0.2, 0) is 11.0 Å². The van der Waals surface area contributed by atoms with Gasteiger partial charge < -0.3 is 0 Å². The van der Waals surface area contributed by atoms with E-state index in [4.69, 9.17) is 0 Å². The zero-order chi connectivity index (χ0) is 13.8. The average Bonchev–Trinajstić information content (AvgIpc) is 2.69. The molecule has 0 aromatic carbocycles. The largest absolute Gasteiger partial charge is 0.242 e. The van der Waals surface area contributed by atoms with Gasteiger partial charge in [0, 0.05) is 5.38 Å². The van der Waals surface area contributed by atoms with Gasteiger partial charge in [-0.15, -0.1) is 11.3 Å². The number of rotatable bonds is 6. The predicted molar refractivity (Wildman–Crippen MR) is 86.6 cm³/mol. The van der Waals surface area contributed by atoms with Crippen LogP contribution in [0.3, 0.4) is 0 Å². The van der Waals surface area contributed by atoms with Crippen LogP contribution in [0.2, 0.25) is 0 Å². The first kappa shape index (κ1) is 16.6. The van der Waals surface area contributed by atoms with Gasteiger partial charge in [0.15, 0.2) is 0 Å². The minimum atomic E-state index is -1.07. The standard InChI is InChI=1S/C11H19BrN2OS3/c1-11(2,3)18(15)14-8(5-6-16-4)10-13-9(12)7-17-10/h7-8,14H,5-6H2,1-4H3/t8-,18?/m0/s1. The molecule has 0 saturated heterocycles. The number of hydrogen-bond donors (Lipinski definition) is 1. The molecule has 3 nitrogen and oxygen atoms in total. The van der Waals surface area contributed by atoms with E-state index in [9.17, 15) is 4.21 Å². The minimum Gasteiger partial charge on any atom is -0.242 e. The summed E-state index contributed by atoms with van der Waals surface area (Å²) in [5.74, 6) is 1.02. The Kier molecular flexibility index (Phi) is 6.81. The molecule has 18 heavy (non-hydrogen) atoms. The molecule has 1 aromatic rings. The van der Waals surface area contributed by atoms with Crippen molar-refractivity contribution in [1.29, 1.82) is 0 Å². The van der Waals surface area contributed by atoms with E-state index in [0.717, 1.165) is 21.8 Å². The number of nitrogens with zero attached hydrogens (tertiary/aromatic N) is 1. The molecule has 0 aliphatic heterocycles. The summed E-state index contributed by atoms with van der Waals surface area (Å²) in [6.45, 7) is 5.92.